The monoisotopic (exact) mass is 199 g/mol. The van der Waals surface area contributed by atoms with E-state index in [2.05, 4.69) is 10.2 Å². The second-order valence-corrected chi connectivity index (χ2v) is 2.89. The summed E-state index contributed by atoms with van der Waals surface area (Å²) in [5.41, 5.74) is 0. The molecule has 0 saturated heterocycles. The average Bonchev–Trinajstić information content (AvgIpc) is 2.45. The van der Waals surface area contributed by atoms with Gasteiger partial charge in [-0.1, -0.05) is 0 Å². The molecular weight excluding hydrogens is 186 g/mol. The maximum Gasteiger partial charge on any atom is 0.305 e. The van der Waals surface area contributed by atoms with Gasteiger partial charge in [0.1, 0.15) is 12.4 Å². The van der Waals surface area contributed by atoms with Crippen LogP contribution in [0.5, 0.6) is 0 Å². The van der Waals surface area contributed by atoms with Gasteiger partial charge < -0.3 is 14.4 Å². The third-order valence-electron chi connectivity index (χ3n) is 1.84. The molecule has 1 aromatic rings. The molecule has 0 aliphatic rings. The molecule has 1 aromatic heterocycles. The van der Waals surface area contributed by atoms with E-state index in [0.717, 1.165) is 0 Å². The van der Waals surface area contributed by atoms with E-state index in [-0.39, 0.29) is 6.42 Å². The number of hydrogen-bond acceptors (Lipinski definition) is 4. The molecule has 0 unspecified atom stereocenters. The first-order chi connectivity index (χ1) is 6.65. The number of aromatic nitrogens is 3. The van der Waals surface area contributed by atoms with Crippen LogP contribution in [-0.4, -0.2) is 33.0 Å². The van der Waals surface area contributed by atoms with Crippen LogP contribution in [0.2, 0.25) is 0 Å². The van der Waals surface area contributed by atoms with Crippen LogP contribution in [0.25, 0.3) is 0 Å². The van der Waals surface area contributed by atoms with Gasteiger partial charge in [-0.05, 0) is 6.92 Å². The molecule has 14 heavy (non-hydrogen) atoms. The smallest absolute Gasteiger partial charge is 0.305 e. The molecule has 0 amide bonds. The summed E-state index contributed by atoms with van der Waals surface area (Å²) < 4.78 is 6.67. The maximum atomic E-state index is 10.4. The third kappa shape index (κ3) is 2.53. The van der Waals surface area contributed by atoms with Gasteiger partial charge in [-0.25, -0.2) is 0 Å². The third-order valence-corrected chi connectivity index (χ3v) is 1.84. The molecular formula is C8H13N3O3. The topological polar surface area (TPSA) is 77.2 Å². The Kier molecular flexibility index (Phi) is 3.58. The van der Waals surface area contributed by atoms with Crippen molar-refractivity contribution in [2.24, 2.45) is 0 Å². The Morgan fingerprint density at radius 1 is 1.57 bits per heavy atom. The van der Waals surface area contributed by atoms with E-state index in [1.165, 1.54) is 0 Å². The van der Waals surface area contributed by atoms with Gasteiger partial charge in [-0.3, -0.25) is 4.79 Å². The molecule has 0 radical (unpaired) electrons. The van der Waals surface area contributed by atoms with Gasteiger partial charge >= 0.3 is 5.97 Å². The van der Waals surface area contributed by atoms with Crippen LogP contribution in [0.15, 0.2) is 0 Å². The van der Waals surface area contributed by atoms with Crippen LogP contribution < -0.4 is 0 Å². The van der Waals surface area contributed by atoms with Crippen molar-refractivity contribution < 1.29 is 14.6 Å². The van der Waals surface area contributed by atoms with Gasteiger partial charge in [0.15, 0.2) is 5.82 Å². The lowest BCUT2D eigenvalue weighted by molar-refractivity contribution is -0.137. The fourth-order valence-electron chi connectivity index (χ4n) is 1.16. The summed E-state index contributed by atoms with van der Waals surface area (Å²) in [5, 5.41) is 16.3. The predicted molar refractivity (Wildman–Crippen MR) is 47.7 cm³/mol. The van der Waals surface area contributed by atoms with Crippen molar-refractivity contribution in [3.8, 4) is 0 Å². The largest absolute Gasteiger partial charge is 0.481 e. The number of ether oxygens (including phenoxy) is 1. The van der Waals surface area contributed by atoms with Gasteiger partial charge in [0.25, 0.3) is 0 Å². The van der Waals surface area contributed by atoms with Gasteiger partial charge in [0, 0.05) is 13.7 Å². The van der Waals surface area contributed by atoms with E-state index in [1.807, 2.05) is 0 Å². The van der Waals surface area contributed by atoms with E-state index < -0.39 is 5.97 Å². The molecule has 0 atom stereocenters. The molecule has 1 rings (SSSR count). The summed E-state index contributed by atoms with van der Waals surface area (Å²) in [7, 11) is 1.56. The van der Waals surface area contributed by atoms with Crippen molar-refractivity contribution >= 4 is 5.97 Å². The summed E-state index contributed by atoms with van der Waals surface area (Å²) in [5.74, 6) is 0.533. The van der Waals surface area contributed by atoms with Crippen LogP contribution in [-0.2, 0) is 22.7 Å². The lowest BCUT2D eigenvalue weighted by atomic mass is 10.4. The van der Waals surface area contributed by atoms with Gasteiger partial charge in [-0.15, -0.1) is 10.2 Å². The van der Waals surface area contributed by atoms with Crippen LogP contribution in [0.1, 0.15) is 18.1 Å². The summed E-state index contributed by atoms with van der Waals surface area (Å²) in [6.07, 6.45) is 0.0651. The van der Waals surface area contributed by atoms with Crippen molar-refractivity contribution in [3.63, 3.8) is 0 Å². The highest BCUT2D eigenvalue weighted by Crippen LogP contribution is 2.03. The van der Waals surface area contributed by atoms with Crippen LogP contribution in [0.4, 0.5) is 0 Å². The minimum absolute atomic E-state index is 0.0651. The molecule has 0 bridgehead atoms. The minimum Gasteiger partial charge on any atom is -0.481 e. The van der Waals surface area contributed by atoms with E-state index in [9.17, 15) is 4.79 Å². The van der Waals surface area contributed by atoms with Crippen molar-refractivity contribution in [1.29, 1.82) is 0 Å². The normalized spacial score (nSPS) is 10.4. The molecule has 0 aliphatic heterocycles. The molecule has 78 valence electrons. The molecule has 0 spiro atoms. The summed E-state index contributed by atoms with van der Waals surface area (Å²) in [4.78, 5) is 10.4. The highest BCUT2D eigenvalue weighted by Gasteiger charge is 2.09. The fourth-order valence-corrected chi connectivity index (χ4v) is 1.16. The standard InChI is InChI=1S/C8H13N3O3/c1-6-9-10-7(5-14-2)11(6)4-3-8(12)13/h3-5H2,1-2H3,(H,12,13). The Bertz CT molecular complexity index is 322. The second kappa shape index (κ2) is 4.71. The number of carboxylic acid groups (broad SMARTS) is 1. The first-order valence-corrected chi connectivity index (χ1v) is 4.24. The SMILES string of the molecule is COCc1nnc(C)n1CCC(=O)O. The number of methoxy groups -OCH3 is 1. The zero-order chi connectivity index (χ0) is 10.6. The molecule has 0 saturated carbocycles. The van der Waals surface area contributed by atoms with Crippen molar-refractivity contribution in [3.05, 3.63) is 11.6 Å². The zero-order valence-corrected chi connectivity index (χ0v) is 8.23. The Balaban J connectivity index is 2.71. The molecule has 0 fully saturated rings. The number of nitrogens with zero attached hydrogens (tertiary/aromatic N) is 3. The lowest BCUT2D eigenvalue weighted by Crippen LogP contribution is -2.10. The molecule has 1 N–H and O–H groups in total. The van der Waals surface area contributed by atoms with E-state index in [4.69, 9.17) is 9.84 Å². The van der Waals surface area contributed by atoms with E-state index in [0.29, 0.717) is 24.8 Å². The summed E-state index contributed by atoms with van der Waals surface area (Å²) in [6, 6.07) is 0. The van der Waals surface area contributed by atoms with E-state index in [1.54, 1.807) is 18.6 Å². The zero-order valence-electron chi connectivity index (χ0n) is 8.23. The number of carboxylic acids is 1. The van der Waals surface area contributed by atoms with E-state index >= 15 is 0 Å². The number of carbonyl (C=O) groups is 1. The van der Waals surface area contributed by atoms with Gasteiger partial charge in [0.05, 0.1) is 6.42 Å². The highest BCUT2D eigenvalue weighted by atomic mass is 16.5. The summed E-state index contributed by atoms with van der Waals surface area (Å²) >= 11 is 0. The molecule has 0 aliphatic carbocycles. The molecule has 6 nitrogen and oxygen atoms in total. The predicted octanol–water partition coefficient (Wildman–Crippen LogP) is 0.208. The second-order valence-electron chi connectivity index (χ2n) is 2.89. The first-order valence-electron chi connectivity index (χ1n) is 4.24. The Hall–Kier alpha value is -1.43. The maximum absolute atomic E-state index is 10.4. The number of rotatable bonds is 5. The molecule has 0 aromatic carbocycles. The van der Waals surface area contributed by atoms with Crippen molar-refractivity contribution in [2.45, 2.75) is 26.5 Å². The highest BCUT2D eigenvalue weighted by molar-refractivity contribution is 5.66. The Labute approximate surface area is 81.5 Å². The molecule has 1 heterocycles. The Morgan fingerprint density at radius 2 is 2.29 bits per heavy atom. The quantitative estimate of drug-likeness (QED) is 0.733. The minimum atomic E-state index is -0.832. The number of hydrogen-bond donors (Lipinski definition) is 1. The number of aliphatic carboxylic acids is 1. The van der Waals surface area contributed by atoms with Crippen LogP contribution >= 0.6 is 0 Å². The van der Waals surface area contributed by atoms with Crippen LogP contribution in [0.3, 0.4) is 0 Å². The summed E-state index contributed by atoms with van der Waals surface area (Å²) in [6.45, 7) is 2.52. The Morgan fingerprint density at radius 3 is 2.86 bits per heavy atom. The first kappa shape index (κ1) is 10.6. The lowest BCUT2D eigenvalue weighted by Gasteiger charge is -2.05. The average molecular weight is 199 g/mol. The van der Waals surface area contributed by atoms with Crippen molar-refractivity contribution in [1.82, 2.24) is 14.8 Å². The molecule has 6 heteroatoms. The fraction of sp³-hybridized carbons (Fsp3) is 0.625. The van der Waals surface area contributed by atoms with Gasteiger partial charge in [0.2, 0.25) is 0 Å². The van der Waals surface area contributed by atoms with Crippen molar-refractivity contribution in [2.75, 3.05) is 7.11 Å². The number of aryl methyl sites for hydroxylation is 1. The van der Waals surface area contributed by atoms with Crippen LogP contribution in [0, 0.1) is 6.92 Å². The van der Waals surface area contributed by atoms with Gasteiger partial charge in [-0.2, -0.15) is 0 Å².